The monoisotopic (exact) mass is 368 g/mol. The zero-order chi connectivity index (χ0) is 18.7. The standard InChI is InChI=1S/C20H17ClN2O3/c1-23(12-13-6-3-2-4-7-13)19(24)18-16(20(25)26)11-17(22-18)14-8-5-9-15(21)10-14/h2-10H,11-12H2,1H3,(H,25,26). The van der Waals surface area contributed by atoms with Gasteiger partial charge in [0.05, 0.1) is 11.3 Å². The number of carbonyl (C=O) groups is 2. The smallest absolute Gasteiger partial charge is 0.334 e. The molecular weight excluding hydrogens is 352 g/mol. The Morgan fingerprint density at radius 3 is 2.54 bits per heavy atom. The highest BCUT2D eigenvalue weighted by molar-refractivity contribution is 6.31. The highest BCUT2D eigenvalue weighted by Gasteiger charge is 2.30. The van der Waals surface area contributed by atoms with Crippen molar-refractivity contribution >= 4 is 29.2 Å². The summed E-state index contributed by atoms with van der Waals surface area (Å²) in [7, 11) is 1.63. The molecule has 0 aliphatic carbocycles. The number of aliphatic carboxylic acids is 1. The van der Waals surface area contributed by atoms with Crippen molar-refractivity contribution in [3.05, 3.63) is 82.0 Å². The van der Waals surface area contributed by atoms with Gasteiger partial charge in [-0.25, -0.2) is 9.79 Å². The summed E-state index contributed by atoms with van der Waals surface area (Å²) in [6.45, 7) is 0.373. The molecule has 3 rings (SSSR count). The van der Waals surface area contributed by atoms with Gasteiger partial charge in [0.2, 0.25) is 0 Å². The van der Waals surface area contributed by atoms with Crippen molar-refractivity contribution < 1.29 is 14.7 Å². The van der Waals surface area contributed by atoms with Crippen LogP contribution >= 0.6 is 11.6 Å². The van der Waals surface area contributed by atoms with E-state index in [0.717, 1.165) is 5.56 Å². The van der Waals surface area contributed by atoms with Crippen LogP contribution in [0.5, 0.6) is 0 Å². The molecule has 0 bridgehead atoms. The van der Waals surface area contributed by atoms with Gasteiger partial charge in [0.15, 0.2) is 0 Å². The van der Waals surface area contributed by atoms with Crippen molar-refractivity contribution in [3.8, 4) is 0 Å². The van der Waals surface area contributed by atoms with Gasteiger partial charge in [0.1, 0.15) is 5.70 Å². The van der Waals surface area contributed by atoms with Crippen LogP contribution in [-0.2, 0) is 16.1 Å². The van der Waals surface area contributed by atoms with Gasteiger partial charge in [-0.2, -0.15) is 0 Å². The van der Waals surface area contributed by atoms with E-state index in [4.69, 9.17) is 11.6 Å². The molecule has 132 valence electrons. The Hall–Kier alpha value is -2.92. The number of halogens is 1. The number of carboxylic acids is 1. The number of rotatable bonds is 5. The Kier molecular flexibility index (Phi) is 5.19. The van der Waals surface area contributed by atoms with E-state index in [2.05, 4.69) is 4.99 Å². The molecule has 1 aliphatic heterocycles. The van der Waals surface area contributed by atoms with Gasteiger partial charge in [0, 0.05) is 25.0 Å². The van der Waals surface area contributed by atoms with Crippen LogP contribution in [0.15, 0.2) is 70.9 Å². The minimum Gasteiger partial charge on any atom is -0.478 e. The molecule has 1 heterocycles. The van der Waals surface area contributed by atoms with Crippen molar-refractivity contribution in [3.63, 3.8) is 0 Å². The summed E-state index contributed by atoms with van der Waals surface area (Å²) in [6.07, 6.45) is 0.0932. The first-order chi connectivity index (χ1) is 12.5. The fourth-order valence-electron chi connectivity index (χ4n) is 2.79. The predicted molar refractivity (Wildman–Crippen MR) is 100 cm³/mol. The summed E-state index contributed by atoms with van der Waals surface area (Å²) in [6, 6.07) is 16.5. The normalized spacial score (nSPS) is 13.5. The largest absolute Gasteiger partial charge is 0.478 e. The van der Waals surface area contributed by atoms with E-state index in [1.165, 1.54) is 4.90 Å². The molecule has 5 nitrogen and oxygen atoms in total. The van der Waals surface area contributed by atoms with E-state index in [1.807, 2.05) is 30.3 Å². The quantitative estimate of drug-likeness (QED) is 0.877. The molecule has 0 radical (unpaired) electrons. The van der Waals surface area contributed by atoms with E-state index in [9.17, 15) is 14.7 Å². The van der Waals surface area contributed by atoms with Gasteiger partial charge >= 0.3 is 5.97 Å². The first-order valence-corrected chi connectivity index (χ1v) is 8.43. The van der Waals surface area contributed by atoms with Gasteiger partial charge in [-0.3, -0.25) is 4.79 Å². The fourth-order valence-corrected chi connectivity index (χ4v) is 2.98. The summed E-state index contributed by atoms with van der Waals surface area (Å²) >= 11 is 6.00. The molecule has 1 N–H and O–H groups in total. The Balaban J connectivity index is 1.87. The number of hydrogen-bond acceptors (Lipinski definition) is 3. The minimum absolute atomic E-state index is 0.00453. The van der Waals surface area contributed by atoms with Crippen LogP contribution in [0.3, 0.4) is 0 Å². The molecule has 26 heavy (non-hydrogen) atoms. The Bertz CT molecular complexity index is 920. The third-order valence-corrected chi connectivity index (χ3v) is 4.34. The highest BCUT2D eigenvalue weighted by atomic mass is 35.5. The van der Waals surface area contributed by atoms with Gasteiger partial charge in [-0.1, -0.05) is 54.1 Å². The zero-order valence-electron chi connectivity index (χ0n) is 14.1. The van der Waals surface area contributed by atoms with E-state index < -0.39 is 11.9 Å². The fraction of sp³-hybridized carbons (Fsp3) is 0.150. The molecule has 0 unspecified atom stereocenters. The maximum absolute atomic E-state index is 12.8. The molecule has 0 aromatic heterocycles. The molecule has 0 saturated heterocycles. The number of hydrogen-bond donors (Lipinski definition) is 1. The summed E-state index contributed by atoms with van der Waals surface area (Å²) in [4.78, 5) is 30.2. The van der Waals surface area contributed by atoms with Gasteiger partial charge < -0.3 is 10.0 Å². The number of carboxylic acid groups (broad SMARTS) is 1. The van der Waals surface area contributed by atoms with Crippen LogP contribution in [0.2, 0.25) is 5.02 Å². The van der Waals surface area contributed by atoms with Crippen LogP contribution in [0.4, 0.5) is 0 Å². The molecule has 0 fully saturated rings. The Morgan fingerprint density at radius 2 is 1.88 bits per heavy atom. The maximum Gasteiger partial charge on any atom is 0.334 e. The van der Waals surface area contributed by atoms with Gasteiger partial charge in [-0.15, -0.1) is 0 Å². The number of likely N-dealkylation sites (N-methyl/N-ethyl adjacent to an activating group) is 1. The second-order valence-electron chi connectivity index (χ2n) is 6.02. The molecule has 0 atom stereocenters. The Morgan fingerprint density at radius 1 is 1.15 bits per heavy atom. The molecular formula is C20H17ClN2O3. The van der Waals surface area contributed by atoms with E-state index in [1.54, 1.807) is 31.3 Å². The summed E-state index contributed by atoms with van der Waals surface area (Å²) in [5.74, 6) is -1.55. The van der Waals surface area contributed by atoms with Crippen LogP contribution in [0.25, 0.3) is 0 Å². The van der Waals surface area contributed by atoms with Crippen molar-refractivity contribution in [1.82, 2.24) is 4.90 Å². The second-order valence-corrected chi connectivity index (χ2v) is 6.46. The highest BCUT2D eigenvalue weighted by Crippen LogP contribution is 2.26. The van der Waals surface area contributed by atoms with Crippen LogP contribution in [0.1, 0.15) is 17.5 Å². The van der Waals surface area contributed by atoms with E-state index >= 15 is 0 Å². The minimum atomic E-state index is -1.14. The lowest BCUT2D eigenvalue weighted by atomic mass is 10.0. The van der Waals surface area contributed by atoms with Crippen molar-refractivity contribution in [2.75, 3.05) is 7.05 Å². The van der Waals surface area contributed by atoms with Crippen LogP contribution in [0, 0.1) is 0 Å². The molecule has 6 heteroatoms. The lowest BCUT2D eigenvalue weighted by Gasteiger charge is -2.17. The number of carbonyl (C=O) groups excluding carboxylic acids is 1. The average Bonchev–Trinajstić information content (AvgIpc) is 3.07. The SMILES string of the molecule is CN(Cc1ccccc1)C(=O)C1=C(C(=O)O)CC(c2cccc(Cl)c2)=N1. The molecule has 2 aromatic carbocycles. The lowest BCUT2D eigenvalue weighted by molar-refractivity contribution is -0.133. The lowest BCUT2D eigenvalue weighted by Crippen LogP contribution is -2.28. The van der Waals surface area contributed by atoms with Gasteiger partial charge in [-0.05, 0) is 23.3 Å². The molecule has 1 amide bonds. The first-order valence-electron chi connectivity index (χ1n) is 8.05. The summed E-state index contributed by atoms with van der Waals surface area (Å²) in [5.41, 5.74) is 2.18. The predicted octanol–water partition coefficient (Wildman–Crippen LogP) is 3.53. The number of amides is 1. The van der Waals surface area contributed by atoms with Crippen molar-refractivity contribution in [1.29, 1.82) is 0 Å². The third-order valence-electron chi connectivity index (χ3n) is 4.10. The number of nitrogens with zero attached hydrogens (tertiary/aromatic N) is 2. The molecule has 2 aromatic rings. The van der Waals surface area contributed by atoms with Crippen LogP contribution in [-0.4, -0.2) is 34.6 Å². The zero-order valence-corrected chi connectivity index (χ0v) is 14.9. The average molecular weight is 369 g/mol. The molecule has 1 aliphatic rings. The number of benzene rings is 2. The second kappa shape index (κ2) is 7.54. The number of aliphatic imine (C=N–C) groups is 1. The van der Waals surface area contributed by atoms with Gasteiger partial charge in [0.25, 0.3) is 5.91 Å². The van der Waals surface area contributed by atoms with Crippen molar-refractivity contribution in [2.45, 2.75) is 13.0 Å². The van der Waals surface area contributed by atoms with Crippen molar-refractivity contribution in [2.24, 2.45) is 4.99 Å². The first kappa shape index (κ1) is 17.9. The third kappa shape index (κ3) is 3.83. The summed E-state index contributed by atoms with van der Waals surface area (Å²) in [5, 5.41) is 10.0. The van der Waals surface area contributed by atoms with Crippen LogP contribution < -0.4 is 0 Å². The van der Waals surface area contributed by atoms with E-state index in [-0.39, 0.29) is 17.7 Å². The summed E-state index contributed by atoms with van der Waals surface area (Å²) < 4.78 is 0. The topological polar surface area (TPSA) is 70.0 Å². The van der Waals surface area contributed by atoms with E-state index in [0.29, 0.717) is 22.8 Å². The molecule has 0 saturated carbocycles. The maximum atomic E-state index is 12.8. The Labute approximate surface area is 156 Å². The molecule has 0 spiro atoms.